The number of hydrogen-bond donors (Lipinski definition) is 2. The van der Waals surface area contributed by atoms with Crippen LogP contribution in [0.15, 0.2) is 35.1 Å². The molecular formula is C16H19FN6O3S. The molecule has 0 radical (unpaired) electrons. The molecule has 0 unspecified atom stereocenters. The van der Waals surface area contributed by atoms with Crippen LogP contribution in [0.25, 0.3) is 11.6 Å². The lowest BCUT2D eigenvalue weighted by molar-refractivity contribution is 0.236. The number of H-pyrrole nitrogens is 1. The van der Waals surface area contributed by atoms with Gasteiger partial charge in [-0.15, -0.1) is 0 Å². The number of benzene rings is 1. The molecule has 1 aromatic carbocycles. The van der Waals surface area contributed by atoms with Crippen molar-refractivity contribution < 1.29 is 17.3 Å². The lowest BCUT2D eigenvalue weighted by Gasteiger charge is -2.28. The quantitative estimate of drug-likeness (QED) is 0.656. The Labute approximate surface area is 155 Å². The molecule has 144 valence electrons. The van der Waals surface area contributed by atoms with Crippen LogP contribution >= 0.6 is 0 Å². The van der Waals surface area contributed by atoms with Gasteiger partial charge in [-0.25, -0.2) is 22.5 Å². The third kappa shape index (κ3) is 4.74. The monoisotopic (exact) mass is 394 g/mol. The van der Waals surface area contributed by atoms with E-state index in [0.717, 1.165) is 0 Å². The summed E-state index contributed by atoms with van der Waals surface area (Å²) in [5.74, 6) is -0.136. The largest absolute Gasteiger partial charge is 0.337 e. The summed E-state index contributed by atoms with van der Waals surface area (Å²) in [5, 5.41) is 10.2. The SMILES string of the molecule is CC(C)(C)[C@@H](NS(=O)(=O)Cc1ccc(F)cc1)c1nc(-c2ncn[nH]2)no1. The van der Waals surface area contributed by atoms with Crippen LogP contribution in [0.4, 0.5) is 4.39 Å². The molecule has 0 aliphatic heterocycles. The molecule has 3 rings (SSSR count). The second-order valence-electron chi connectivity index (χ2n) is 7.09. The fourth-order valence-corrected chi connectivity index (χ4v) is 3.91. The highest BCUT2D eigenvalue weighted by Crippen LogP contribution is 2.33. The zero-order chi connectivity index (χ0) is 19.7. The van der Waals surface area contributed by atoms with Gasteiger partial charge in [-0.1, -0.05) is 38.1 Å². The van der Waals surface area contributed by atoms with Gasteiger partial charge in [-0.3, -0.25) is 5.10 Å². The van der Waals surface area contributed by atoms with Gasteiger partial charge in [0.2, 0.25) is 21.7 Å². The van der Waals surface area contributed by atoms with E-state index in [9.17, 15) is 12.8 Å². The maximum absolute atomic E-state index is 13.0. The minimum Gasteiger partial charge on any atom is -0.337 e. The van der Waals surface area contributed by atoms with Gasteiger partial charge < -0.3 is 4.52 Å². The van der Waals surface area contributed by atoms with E-state index in [1.807, 2.05) is 20.8 Å². The van der Waals surface area contributed by atoms with Crippen molar-refractivity contribution in [2.24, 2.45) is 5.41 Å². The molecule has 0 aliphatic rings. The van der Waals surface area contributed by atoms with Crippen LogP contribution in [-0.2, 0) is 15.8 Å². The van der Waals surface area contributed by atoms with Gasteiger partial charge in [0.15, 0.2) is 5.82 Å². The zero-order valence-electron chi connectivity index (χ0n) is 15.0. The molecule has 0 aliphatic carbocycles. The Morgan fingerprint density at radius 1 is 1.26 bits per heavy atom. The van der Waals surface area contributed by atoms with E-state index in [1.54, 1.807) is 0 Å². The molecule has 2 aromatic heterocycles. The topological polar surface area (TPSA) is 127 Å². The van der Waals surface area contributed by atoms with Gasteiger partial charge in [0, 0.05) is 0 Å². The first-order valence-corrected chi connectivity index (χ1v) is 9.73. The molecule has 27 heavy (non-hydrogen) atoms. The Morgan fingerprint density at radius 2 is 1.96 bits per heavy atom. The summed E-state index contributed by atoms with van der Waals surface area (Å²) >= 11 is 0. The Morgan fingerprint density at radius 3 is 2.56 bits per heavy atom. The van der Waals surface area contributed by atoms with E-state index < -0.39 is 27.3 Å². The number of hydrogen-bond acceptors (Lipinski definition) is 7. The van der Waals surface area contributed by atoms with E-state index in [0.29, 0.717) is 11.4 Å². The van der Waals surface area contributed by atoms with Crippen LogP contribution in [0.2, 0.25) is 0 Å². The first-order chi connectivity index (χ1) is 12.6. The van der Waals surface area contributed by atoms with Crippen molar-refractivity contribution in [3.05, 3.63) is 47.9 Å². The third-order valence-electron chi connectivity index (χ3n) is 3.75. The minimum absolute atomic E-state index is 0.108. The smallest absolute Gasteiger partial charge is 0.245 e. The van der Waals surface area contributed by atoms with E-state index in [4.69, 9.17) is 4.52 Å². The molecular weight excluding hydrogens is 375 g/mol. The zero-order valence-corrected chi connectivity index (χ0v) is 15.8. The average Bonchev–Trinajstić information content (AvgIpc) is 3.24. The van der Waals surface area contributed by atoms with Gasteiger partial charge in [0.05, 0.1) is 5.75 Å². The number of sulfonamides is 1. The summed E-state index contributed by atoms with van der Waals surface area (Å²) in [4.78, 5) is 8.17. The molecule has 11 heteroatoms. The molecule has 3 aromatic rings. The number of aromatic amines is 1. The van der Waals surface area contributed by atoms with E-state index in [1.165, 1.54) is 30.6 Å². The lowest BCUT2D eigenvalue weighted by Crippen LogP contribution is -2.37. The fourth-order valence-electron chi connectivity index (χ4n) is 2.38. The summed E-state index contributed by atoms with van der Waals surface area (Å²) in [5.41, 5.74) is -0.0920. The maximum Gasteiger partial charge on any atom is 0.245 e. The Balaban J connectivity index is 1.84. The number of rotatable bonds is 6. The molecule has 0 saturated heterocycles. The second kappa shape index (κ2) is 7.16. The predicted octanol–water partition coefficient (Wildman–Crippen LogP) is 2.20. The van der Waals surface area contributed by atoms with Crippen LogP contribution in [-0.4, -0.2) is 33.7 Å². The number of nitrogens with one attached hydrogen (secondary N) is 2. The summed E-state index contributed by atoms with van der Waals surface area (Å²) in [6, 6.07) is 4.51. The van der Waals surface area contributed by atoms with Crippen LogP contribution in [0.5, 0.6) is 0 Å². The van der Waals surface area contributed by atoms with Crippen molar-refractivity contribution >= 4 is 10.0 Å². The van der Waals surface area contributed by atoms with Crippen LogP contribution in [0.3, 0.4) is 0 Å². The predicted molar refractivity (Wildman–Crippen MR) is 94.0 cm³/mol. The summed E-state index contributed by atoms with van der Waals surface area (Å²) in [6.07, 6.45) is 1.30. The molecule has 0 fully saturated rings. The lowest BCUT2D eigenvalue weighted by atomic mass is 9.87. The highest BCUT2D eigenvalue weighted by molar-refractivity contribution is 7.88. The minimum atomic E-state index is -3.76. The fraction of sp³-hybridized carbons (Fsp3) is 0.375. The van der Waals surface area contributed by atoms with Gasteiger partial charge in [0.25, 0.3) is 0 Å². The van der Waals surface area contributed by atoms with Gasteiger partial charge in [-0.2, -0.15) is 10.1 Å². The molecule has 0 bridgehead atoms. The van der Waals surface area contributed by atoms with Crippen molar-refractivity contribution in [3.63, 3.8) is 0 Å². The molecule has 0 amide bonds. The van der Waals surface area contributed by atoms with Crippen molar-refractivity contribution in [1.82, 2.24) is 30.0 Å². The molecule has 9 nitrogen and oxygen atoms in total. The Bertz CT molecular complexity index is 994. The number of nitrogens with zero attached hydrogens (tertiary/aromatic N) is 4. The van der Waals surface area contributed by atoms with Gasteiger partial charge in [0.1, 0.15) is 18.2 Å². The van der Waals surface area contributed by atoms with Crippen LogP contribution in [0, 0.1) is 11.2 Å². The van der Waals surface area contributed by atoms with Crippen molar-refractivity contribution in [3.8, 4) is 11.6 Å². The maximum atomic E-state index is 13.0. The van der Waals surface area contributed by atoms with E-state index in [-0.39, 0.29) is 17.5 Å². The average molecular weight is 394 g/mol. The Hall–Kier alpha value is -2.66. The molecule has 2 N–H and O–H groups in total. The summed E-state index contributed by atoms with van der Waals surface area (Å²) in [7, 11) is -3.76. The Kier molecular flexibility index (Phi) is 5.07. The van der Waals surface area contributed by atoms with Crippen LogP contribution in [0.1, 0.15) is 38.3 Å². The van der Waals surface area contributed by atoms with Crippen molar-refractivity contribution in [2.75, 3.05) is 0 Å². The third-order valence-corrected chi connectivity index (χ3v) is 5.06. The van der Waals surface area contributed by atoms with Crippen molar-refractivity contribution in [1.29, 1.82) is 0 Å². The van der Waals surface area contributed by atoms with E-state index >= 15 is 0 Å². The molecule has 0 spiro atoms. The summed E-state index contributed by atoms with van der Waals surface area (Å²) in [6.45, 7) is 5.53. The number of halogens is 1. The van der Waals surface area contributed by atoms with Gasteiger partial charge >= 0.3 is 0 Å². The summed E-state index contributed by atoms with van der Waals surface area (Å²) < 4.78 is 46.1. The first kappa shape index (κ1) is 19.1. The first-order valence-electron chi connectivity index (χ1n) is 8.08. The highest BCUT2D eigenvalue weighted by Gasteiger charge is 2.35. The highest BCUT2D eigenvalue weighted by atomic mass is 32.2. The molecule has 2 heterocycles. The van der Waals surface area contributed by atoms with Gasteiger partial charge in [-0.05, 0) is 23.1 Å². The second-order valence-corrected chi connectivity index (χ2v) is 8.85. The standard InChI is InChI=1S/C16H19FN6O3S/c1-16(2,3)12(15-20-14(22-26-15)13-18-9-19-21-13)23-27(24,25)8-10-4-6-11(17)7-5-10/h4-7,9,12,23H,8H2,1-3H3,(H,18,19,21)/t12-/m0/s1. The van der Waals surface area contributed by atoms with Crippen molar-refractivity contribution in [2.45, 2.75) is 32.6 Å². The number of aromatic nitrogens is 5. The molecule has 1 atom stereocenters. The molecule has 0 saturated carbocycles. The van der Waals surface area contributed by atoms with Crippen LogP contribution < -0.4 is 4.72 Å². The van der Waals surface area contributed by atoms with E-state index in [2.05, 4.69) is 30.0 Å². The normalized spacial score (nSPS) is 13.6.